The second-order valence-electron chi connectivity index (χ2n) is 15.1. The lowest BCUT2D eigenvalue weighted by Gasteiger charge is -2.35. The number of pyridine rings is 2. The Bertz CT molecular complexity index is 3020. The van der Waals surface area contributed by atoms with E-state index < -0.39 is 5.82 Å². The van der Waals surface area contributed by atoms with Crippen LogP contribution in [0.25, 0.3) is 55.4 Å². The van der Waals surface area contributed by atoms with Crippen molar-refractivity contribution in [3.8, 4) is 22.3 Å². The molecule has 14 nitrogen and oxygen atoms in total. The number of imidazole rings is 2. The maximum Gasteiger partial charge on any atom is 0.246 e. The molecule has 17 heteroatoms. The van der Waals surface area contributed by atoms with Gasteiger partial charge in [-0.25, -0.2) is 14.4 Å². The van der Waals surface area contributed by atoms with Crippen molar-refractivity contribution >= 4 is 79.8 Å². The van der Waals surface area contributed by atoms with Gasteiger partial charge in [-0.1, -0.05) is 48.5 Å². The van der Waals surface area contributed by atoms with E-state index in [-0.39, 0.29) is 17.5 Å². The third kappa shape index (κ3) is 7.02. The number of hydrogen-bond donors (Lipinski definition) is 2. The molecule has 2 amide bonds. The minimum Gasteiger partial charge on any atom is -0.353 e. The van der Waals surface area contributed by atoms with Gasteiger partial charge in [0.05, 0.1) is 45.9 Å². The average molecular weight is 860 g/mol. The lowest BCUT2D eigenvalue weighted by molar-refractivity contribution is -0.127. The minimum atomic E-state index is -0.476. The number of hydrogen-bond acceptors (Lipinski definition) is 8. The second-order valence-corrected chi connectivity index (χ2v) is 15.9. The Morgan fingerprint density at radius 2 is 1.18 bits per heavy atom. The number of nitrogens with zero attached hydrogens (tertiary/aromatic N) is 10. The molecule has 6 aromatic heterocycles. The van der Waals surface area contributed by atoms with E-state index in [9.17, 15) is 9.59 Å². The number of aromatic nitrogens is 8. The molecule has 2 aromatic carbocycles. The van der Waals surface area contributed by atoms with E-state index in [1.54, 1.807) is 27.9 Å². The van der Waals surface area contributed by atoms with Gasteiger partial charge >= 0.3 is 0 Å². The molecule has 2 aliphatic heterocycles. The Balaban J connectivity index is 0.000000156. The summed E-state index contributed by atoms with van der Waals surface area (Å²) in [4.78, 5) is 40.5. The van der Waals surface area contributed by atoms with Crippen LogP contribution in [0.4, 0.5) is 16.0 Å². The second kappa shape index (κ2) is 16.0. The van der Waals surface area contributed by atoms with E-state index in [1.807, 2.05) is 59.1 Å². The van der Waals surface area contributed by atoms with Gasteiger partial charge in [0, 0.05) is 92.2 Å². The Morgan fingerprint density at radius 1 is 0.672 bits per heavy atom. The molecule has 0 spiro atoms. The summed E-state index contributed by atoms with van der Waals surface area (Å²) in [6.07, 6.45) is 13.3. The Kier molecular flexibility index (Phi) is 10.5. The number of amides is 2. The van der Waals surface area contributed by atoms with E-state index in [2.05, 4.69) is 66.3 Å². The maximum absolute atomic E-state index is 15.7. The number of halogens is 3. The number of piperazine rings is 2. The van der Waals surface area contributed by atoms with Crippen molar-refractivity contribution in [3.63, 3.8) is 0 Å². The van der Waals surface area contributed by atoms with Crippen LogP contribution in [-0.4, -0.2) is 113 Å². The lowest BCUT2D eigenvalue weighted by Crippen LogP contribution is -2.48. The van der Waals surface area contributed by atoms with Crippen LogP contribution in [-0.2, 0) is 9.59 Å². The molecule has 10 rings (SSSR count). The fraction of sp³-hybridized carbons (Fsp3) is 0.227. The Hall–Kier alpha value is -6.71. The molecule has 0 aliphatic carbocycles. The molecule has 8 heterocycles. The van der Waals surface area contributed by atoms with Crippen LogP contribution in [0.2, 0.25) is 10.0 Å². The predicted molar refractivity (Wildman–Crippen MR) is 238 cm³/mol. The van der Waals surface area contributed by atoms with Crippen molar-refractivity contribution < 1.29 is 14.0 Å². The van der Waals surface area contributed by atoms with Crippen molar-refractivity contribution in [1.82, 2.24) is 49.0 Å². The summed E-state index contributed by atoms with van der Waals surface area (Å²) >= 11 is 13.4. The third-order valence-corrected chi connectivity index (χ3v) is 12.2. The third-order valence-electron chi connectivity index (χ3n) is 11.6. The molecule has 0 unspecified atom stereocenters. The van der Waals surface area contributed by atoms with Gasteiger partial charge in [-0.2, -0.15) is 10.2 Å². The van der Waals surface area contributed by atoms with E-state index in [4.69, 9.17) is 23.2 Å². The van der Waals surface area contributed by atoms with E-state index in [0.717, 1.165) is 74.4 Å². The van der Waals surface area contributed by atoms with Crippen LogP contribution in [0.15, 0.2) is 92.8 Å². The first kappa shape index (κ1) is 39.7. The molecule has 0 bridgehead atoms. The SMILES string of the molecule is C=CC(=O)N1CCN(c2cnc3c(F)c(-c4c(C)ccc5[nH]ncc45)c(Cl)cn23)CC1.C=CC(=O)N1CCN(c2cnc3cc(-c4c(C)ccc5[nH]ncc45)c(Cl)cn23)CC1. The highest BCUT2D eigenvalue weighted by Crippen LogP contribution is 2.40. The van der Waals surface area contributed by atoms with Crippen LogP contribution >= 0.6 is 23.2 Å². The number of rotatable bonds is 6. The van der Waals surface area contributed by atoms with Crippen LogP contribution < -0.4 is 9.80 Å². The zero-order chi connectivity index (χ0) is 42.5. The summed E-state index contributed by atoms with van der Waals surface area (Å²) in [5, 5.41) is 17.0. The van der Waals surface area contributed by atoms with Gasteiger partial charge in [0.25, 0.3) is 0 Å². The molecule has 8 aromatic rings. The van der Waals surface area contributed by atoms with Crippen molar-refractivity contribution in [2.45, 2.75) is 13.8 Å². The number of benzene rings is 2. The monoisotopic (exact) mass is 858 g/mol. The average Bonchev–Trinajstić information content (AvgIpc) is 4.11. The molecule has 0 radical (unpaired) electrons. The molecule has 0 saturated carbocycles. The fourth-order valence-electron chi connectivity index (χ4n) is 8.42. The van der Waals surface area contributed by atoms with Crippen molar-refractivity contribution in [2.24, 2.45) is 0 Å². The molecule has 2 fully saturated rings. The van der Waals surface area contributed by atoms with Gasteiger partial charge in [-0.05, 0) is 60.9 Å². The van der Waals surface area contributed by atoms with Gasteiger partial charge in [-0.3, -0.25) is 28.6 Å². The zero-order valence-electron chi connectivity index (χ0n) is 33.5. The molecular formula is C44H41Cl2FN12O2. The van der Waals surface area contributed by atoms with Gasteiger partial charge < -0.3 is 19.6 Å². The van der Waals surface area contributed by atoms with Gasteiger partial charge in [0.15, 0.2) is 11.5 Å². The van der Waals surface area contributed by atoms with E-state index in [1.165, 1.54) is 12.2 Å². The summed E-state index contributed by atoms with van der Waals surface area (Å²) in [6.45, 7) is 16.2. The first-order valence-electron chi connectivity index (χ1n) is 19.8. The van der Waals surface area contributed by atoms with Gasteiger partial charge in [-0.15, -0.1) is 0 Å². The standard InChI is InChI=1S/C22H20ClFN6O.C22H21ClN6O/c1-3-18(31)29-8-6-28(7-9-29)17-11-25-22-21(24)20(15(23)12-30(17)22)19-13(2)4-5-16-14(19)10-26-27-16;1-3-21(30)28-8-6-27(7-9-28)20-12-24-19-10-15(17(23)13-29(19)20)22-14(2)4-5-18-16(22)11-25-26-18/h3-5,10-12H,1,6-9H2,2H3,(H,26,27);3-5,10-13H,1,6-9H2,2H3,(H,25,26). The summed E-state index contributed by atoms with van der Waals surface area (Å²) in [5.74, 6) is 1.13. The fourth-order valence-corrected chi connectivity index (χ4v) is 8.94. The summed E-state index contributed by atoms with van der Waals surface area (Å²) in [6, 6.07) is 9.94. The molecule has 310 valence electrons. The largest absolute Gasteiger partial charge is 0.353 e. The molecule has 2 saturated heterocycles. The number of carbonyl (C=O) groups is 2. The topological polar surface area (TPSA) is 139 Å². The number of aryl methyl sites for hydroxylation is 2. The number of aromatic amines is 2. The summed E-state index contributed by atoms with van der Waals surface area (Å²) < 4.78 is 19.4. The van der Waals surface area contributed by atoms with E-state index in [0.29, 0.717) is 60.4 Å². The Morgan fingerprint density at radius 3 is 1.75 bits per heavy atom. The quantitative estimate of drug-likeness (QED) is 0.164. The zero-order valence-corrected chi connectivity index (χ0v) is 35.0. The first-order chi connectivity index (χ1) is 29.6. The molecule has 2 aliphatic rings. The first-order valence-corrected chi connectivity index (χ1v) is 20.5. The van der Waals surface area contributed by atoms with E-state index >= 15 is 4.39 Å². The number of fused-ring (bicyclic) bond motifs is 4. The van der Waals surface area contributed by atoms with Gasteiger partial charge in [0.2, 0.25) is 11.8 Å². The van der Waals surface area contributed by atoms with Crippen LogP contribution in [0.5, 0.6) is 0 Å². The number of nitrogens with one attached hydrogen (secondary N) is 2. The van der Waals surface area contributed by atoms with Gasteiger partial charge in [0.1, 0.15) is 17.3 Å². The number of H-pyrrole nitrogens is 2. The molecule has 2 N–H and O–H groups in total. The van der Waals surface area contributed by atoms with Crippen LogP contribution in [0.3, 0.4) is 0 Å². The summed E-state index contributed by atoms with van der Waals surface area (Å²) in [5.41, 5.74) is 7.87. The molecule has 61 heavy (non-hydrogen) atoms. The highest BCUT2D eigenvalue weighted by atomic mass is 35.5. The van der Waals surface area contributed by atoms with Crippen molar-refractivity contribution in [3.05, 3.63) is 120 Å². The lowest BCUT2D eigenvalue weighted by atomic mass is 9.97. The summed E-state index contributed by atoms with van der Waals surface area (Å²) in [7, 11) is 0. The number of anilines is 2. The molecular weight excluding hydrogens is 818 g/mol. The maximum atomic E-state index is 15.7. The highest BCUT2D eigenvalue weighted by molar-refractivity contribution is 6.34. The van der Waals surface area contributed by atoms with Crippen molar-refractivity contribution in [2.75, 3.05) is 62.2 Å². The highest BCUT2D eigenvalue weighted by Gasteiger charge is 2.26. The van der Waals surface area contributed by atoms with Crippen molar-refractivity contribution in [1.29, 1.82) is 0 Å². The number of carbonyl (C=O) groups excluding carboxylic acids is 2. The predicted octanol–water partition coefficient (Wildman–Crippen LogP) is 7.49. The smallest absolute Gasteiger partial charge is 0.246 e. The normalized spacial score (nSPS) is 14.6. The Labute approximate surface area is 359 Å². The molecule has 0 atom stereocenters. The van der Waals surface area contributed by atoms with Crippen LogP contribution in [0.1, 0.15) is 11.1 Å². The van der Waals surface area contributed by atoms with Crippen LogP contribution in [0, 0.1) is 19.7 Å². The minimum absolute atomic E-state index is 0.0238.